The van der Waals surface area contributed by atoms with E-state index in [1.54, 1.807) is 0 Å². The van der Waals surface area contributed by atoms with Crippen LogP contribution < -0.4 is 0 Å². The third kappa shape index (κ3) is 7.81. The van der Waals surface area contributed by atoms with Crippen LogP contribution in [0.2, 0.25) is 0 Å². The van der Waals surface area contributed by atoms with Crippen LogP contribution in [-0.4, -0.2) is 35.2 Å². The summed E-state index contributed by atoms with van der Waals surface area (Å²) < 4.78 is 15.0. The van der Waals surface area contributed by atoms with E-state index in [4.69, 9.17) is 10.6 Å². The van der Waals surface area contributed by atoms with Crippen LogP contribution in [0.15, 0.2) is 31.7 Å². The summed E-state index contributed by atoms with van der Waals surface area (Å²) in [6.07, 6.45) is 0. The molecule has 0 amide bonds. The van der Waals surface area contributed by atoms with E-state index in [9.17, 15) is 14.4 Å². The average Bonchev–Trinajstić information content (AvgIpc) is 2.51. The monoisotopic (exact) mass is 558 g/mol. The summed E-state index contributed by atoms with van der Waals surface area (Å²) in [5, 5.41) is 0. The zero-order chi connectivity index (χ0) is 17.3. The van der Waals surface area contributed by atoms with Crippen molar-refractivity contribution in [2.75, 3.05) is 0 Å². The third-order valence-electron chi connectivity index (χ3n) is 2.07. The molecule has 0 aliphatic rings. The fraction of sp³-hybridized carbons (Fsp3) is 0.250. The Bertz CT molecular complexity index is 465. The van der Waals surface area contributed by atoms with Crippen molar-refractivity contribution >= 4 is 83.0 Å². The van der Waals surface area contributed by atoms with Crippen LogP contribution in [0.5, 0.6) is 0 Å². The van der Waals surface area contributed by atoms with Crippen molar-refractivity contribution in [1.82, 2.24) is 0 Å². The molecule has 0 unspecified atom stereocenters. The van der Waals surface area contributed by atoms with Gasteiger partial charge in [0.05, 0.1) is 0 Å². The Morgan fingerprint density at radius 3 is 1.09 bits per heavy atom. The molecule has 0 aliphatic carbocycles. The second kappa shape index (κ2) is 11.3. The molecule has 10 heteroatoms. The zero-order valence-electron chi connectivity index (χ0n) is 11.9. The molecule has 0 rings (SSSR count). The summed E-state index contributed by atoms with van der Waals surface area (Å²) in [6.45, 7) is 4.48. The van der Waals surface area contributed by atoms with Gasteiger partial charge in [-0.1, -0.05) is 0 Å². The van der Waals surface area contributed by atoms with Crippen molar-refractivity contribution in [2.45, 2.75) is 20.8 Å². The Morgan fingerprint density at radius 2 is 0.909 bits per heavy atom. The molecule has 0 radical (unpaired) electrons. The molecular formula is C12H12Br3GaO6. The molecule has 0 aromatic rings. The topological polar surface area (TPSA) is 78.9 Å². The normalized spacial score (nSPS) is 12.5. The minimum absolute atomic E-state index is 0.239. The standard InChI is InChI=1S/3C4H5BrO2.Ga/c3*1-3(2-5)4(6)7;/h3*2H,1H3,(H,6,7);/q;;;+3/p-3/b3*3-2+;. The quantitative estimate of drug-likeness (QED) is 0.365. The molecule has 0 spiro atoms. The van der Waals surface area contributed by atoms with Crippen molar-refractivity contribution in [1.29, 1.82) is 0 Å². The van der Waals surface area contributed by atoms with Crippen molar-refractivity contribution in [2.24, 2.45) is 0 Å². The summed E-state index contributed by atoms with van der Waals surface area (Å²) in [5.74, 6) is -2.20. The van der Waals surface area contributed by atoms with Gasteiger partial charge in [0.2, 0.25) is 0 Å². The van der Waals surface area contributed by atoms with Crippen LogP contribution in [0.4, 0.5) is 0 Å². The summed E-state index contributed by atoms with van der Waals surface area (Å²) in [7, 11) is 0. The van der Waals surface area contributed by atoms with Gasteiger partial charge in [0.1, 0.15) is 0 Å². The Balaban J connectivity index is 5.11. The first kappa shape index (κ1) is 21.7. The predicted molar refractivity (Wildman–Crippen MR) is 92.1 cm³/mol. The van der Waals surface area contributed by atoms with Crippen LogP contribution in [0, 0.1) is 0 Å². The Labute approximate surface area is 159 Å². The summed E-state index contributed by atoms with van der Waals surface area (Å²) >= 11 is 5.07. The summed E-state index contributed by atoms with van der Waals surface area (Å²) in [5.41, 5.74) is 0.717. The van der Waals surface area contributed by atoms with Gasteiger partial charge in [-0.3, -0.25) is 0 Å². The first-order valence-corrected chi connectivity index (χ1v) is 11.4. The minimum atomic E-state index is -3.89. The van der Waals surface area contributed by atoms with Gasteiger partial charge >= 0.3 is 160 Å². The first-order valence-electron chi connectivity index (χ1n) is 5.70. The van der Waals surface area contributed by atoms with E-state index in [0.717, 1.165) is 0 Å². The molecule has 0 saturated carbocycles. The zero-order valence-corrected chi connectivity index (χ0v) is 19.1. The van der Waals surface area contributed by atoms with E-state index >= 15 is 0 Å². The van der Waals surface area contributed by atoms with Crippen molar-refractivity contribution in [3.05, 3.63) is 31.7 Å². The van der Waals surface area contributed by atoms with Gasteiger partial charge in [0, 0.05) is 0 Å². The van der Waals surface area contributed by atoms with Gasteiger partial charge in [0.15, 0.2) is 0 Å². The third-order valence-corrected chi connectivity index (χ3v) is 6.69. The van der Waals surface area contributed by atoms with E-state index in [2.05, 4.69) is 47.8 Å². The second-order valence-corrected chi connectivity index (χ2v) is 7.95. The number of carbonyl (C=O) groups excluding carboxylic acids is 3. The fourth-order valence-corrected chi connectivity index (χ4v) is 3.88. The molecule has 0 heterocycles. The predicted octanol–water partition coefficient (Wildman–Crippen LogP) is 3.50. The van der Waals surface area contributed by atoms with Gasteiger partial charge in [0.25, 0.3) is 0 Å². The molecule has 0 saturated heterocycles. The van der Waals surface area contributed by atoms with Crippen molar-refractivity contribution < 1.29 is 25.0 Å². The molecule has 0 aromatic carbocycles. The van der Waals surface area contributed by atoms with Gasteiger partial charge in [-0.05, 0) is 0 Å². The SMILES string of the molecule is C/C(=C\Br)C(=O)[O][Ga]([O]C(=O)/C(C)=C/Br)[O]C(=O)/C(C)=C/Br. The van der Waals surface area contributed by atoms with Gasteiger partial charge in [-0.2, -0.15) is 0 Å². The van der Waals surface area contributed by atoms with Gasteiger partial charge in [-0.15, -0.1) is 0 Å². The molecule has 0 atom stereocenters. The van der Waals surface area contributed by atoms with Crippen LogP contribution in [0.3, 0.4) is 0 Å². The molecule has 0 fully saturated rings. The van der Waals surface area contributed by atoms with E-state index < -0.39 is 35.2 Å². The number of hydrogen-bond donors (Lipinski definition) is 0. The van der Waals surface area contributed by atoms with Gasteiger partial charge in [-0.25, -0.2) is 0 Å². The number of hydrogen-bond acceptors (Lipinski definition) is 6. The van der Waals surface area contributed by atoms with E-state index in [1.165, 1.54) is 35.7 Å². The second-order valence-electron chi connectivity index (χ2n) is 3.88. The van der Waals surface area contributed by atoms with E-state index in [-0.39, 0.29) is 16.7 Å². The maximum atomic E-state index is 11.7. The summed E-state index contributed by atoms with van der Waals surface area (Å²) in [6, 6.07) is 0. The van der Waals surface area contributed by atoms with Crippen molar-refractivity contribution in [3.8, 4) is 0 Å². The van der Waals surface area contributed by atoms with Crippen LogP contribution in [0.1, 0.15) is 20.8 Å². The Kier molecular flexibility index (Phi) is 11.1. The number of carbonyl (C=O) groups is 3. The van der Waals surface area contributed by atoms with Crippen molar-refractivity contribution in [3.63, 3.8) is 0 Å². The van der Waals surface area contributed by atoms with Crippen LogP contribution in [0.25, 0.3) is 0 Å². The van der Waals surface area contributed by atoms with Crippen LogP contribution in [-0.2, 0) is 25.0 Å². The Morgan fingerprint density at radius 1 is 0.682 bits per heavy atom. The van der Waals surface area contributed by atoms with E-state index in [1.807, 2.05) is 0 Å². The van der Waals surface area contributed by atoms with Gasteiger partial charge < -0.3 is 0 Å². The molecule has 0 aromatic heterocycles. The fourth-order valence-electron chi connectivity index (χ4n) is 0.747. The molecule has 0 N–H and O–H groups in total. The maximum absolute atomic E-state index is 11.7. The molecular weight excluding hydrogens is 550 g/mol. The number of rotatable bonds is 6. The molecule has 6 nitrogen and oxygen atoms in total. The molecule has 0 bridgehead atoms. The van der Waals surface area contributed by atoms with Crippen LogP contribution >= 0.6 is 47.8 Å². The average molecular weight is 562 g/mol. The van der Waals surface area contributed by atoms with E-state index in [0.29, 0.717) is 0 Å². The number of halogens is 3. The molecule has 22 heavy (non-hydrogen) atoms. The Hall–Kier alpha value is -0.294. The molecule has 0 aliphatic heterocycles. The first-order chi connectivity index (χ1) is 10.3. The molecule has 120 valence electrons. The summed E-state index contributed by atoms with van der Waals surface area (Å²) in [4.78, 5) is 39.2.